The molecule has 4 N–H and O–H groups in total. The first-order valence-electron chi connectivity index (χ1n) is 7.41. The van der Waals surface area contributed by atoms with E-state index in [1.807, 2.05) is 0 Å². The molecule has 1 unspecified atom stereocenters. The quantitative estimate of drug-likeness (QED) is 0.547. The van der Waals surface area contributed by atoms with E-state index in [1.165, 1.54) is 18.2 Å². The van der Waals surface area contributed by atoms with Gasteiger partial charge in [0.2, 0.25) is 0 Å². The van der Waals surface area contributed by atoms with E-state index in [1.54, 1.807) is 6.92 Å². The Morgan fingerprint density at radius 3 is 2.62 bits per heavy atom. The van der Waals surface area contributed by atoms with Crippen molar-refractivity contribution in [2.75, 3.05) is 5.75 Å². The third-order valence-corrected chi connectivity index (χ3v) is 8.10. The normalized spacial score (nSPS) is 28.6. The molecule has 6 nitrogen and oxygen atoms in total. The van der Waals surface area contributed by atoms with Crippen molar-refractivity contribution in [2.45, 2.75) is 36.5 Å². The van der Waals surface area contributed by atoms with Gasteiger partial charge in [-0.05, 0) is 44.4 Å². The van der Waals surface area contributed by atoms with Crippen molar-refractivity contribution in [1.29, 1.82) is 0 Å². The molecule has 0 radical (unpaired) electrons. The molecule has 1 amide bonds. The highest BCUT2D eigenvalue weighted by atomic mass is 79.9. The Balaban J connectivity index is 2.16. The fourth-order valence-electron chi connectivity index (χ4n) is 3.42. The van der Waals surface area contributed by atoms with Gasteiger partial charge in [-0.3, -0.25) is 19.4 Å². The van der Waals surface area contributed by atoms with E-state index in [9.17, 15) is 18.3 Å². The lowest BCUT2D eigenvalue weighted by molar-refractivity contribution is 0.199. The zero-order valence-electron chi connectivity index (χ0n) is 12.9. The number of nitrogens with one attached hydrogen (secondary N) is 1. The summed E-state index contributed by atoms with van der Waals surface area (Å²) < 4.78 is 35.5. The van der Waals surface area contributed by atoms with Gasteiger partial charge in [-0.1, -0.05) is 15.9 Å². The largest absolute Gasteiger partial charge is 0.465 e. The fourth-order valence-corrected chi connectivity index (χ4v) is 6.41. The second kappa shape index (κ2) is 5.69. The Morgan fingerprint density at radius 2 is 2.08 bits per heavy atom. The molecule has 1 aliphatic carbocycles. The smallest absolute Gasteiger partial charge is 0.410 e. The summed E-state index contributed by atoms with van der Waals surface area (Å²) in [7, 11) is -3.21. The van der Waals surface area contributed by atoms with Crippen molar-refractivity contribution in [3.05, 3.63) is 34.1 Å². The average Bonchev–Trinajstić information content (AvgIpc) is 2.37. The summed E-state index contributed by atoms with van der Waals surface area (Å²) in [5.74, 6) is -0.647. The van der Waals surface area contributed by atoms with Crippen LogP contribution in [0.3, 0.4) is 0 Å². The number of aliphatic imine (C=N–C) groups is 1. The summed E-state index contributed by atoms with van der Waals surface area (Å²) in [5.41, 5.74) is -1.08. The van der Waals surface area contributed by atoms with Crippen LogP contribution in [0.2, 0.25) is 0 Å². The second-order valence-corrected chi connectivity index (χ2v) is 9.77. The van der Waals surface area contributed by atoms with Gasteiger partial charge in [0.05, 0.1) is 5.75 Å². The highest BCUT2D eigenvalue weighted by Gasteiger charge is 2.58. The molecule has 1 spiro atoms. The molecule has 9 heteroatoms. The Hall–Kier alpha value is -1.16. The van der Waals surface area contributed by atoms with Gasteiger partial charge in [-0.15, -0.1) is 0 Å². The standard InChI is InChI=1S/C15H18BrFN2O4S/c1-14(10-7-9(16)3-4-11(10)17)8-24(22,23)15(5-2-6-15)12(19-14)18-13(20)21/h3-4,7,22-23H,2,5-6,8H2,1H3,(H,18,19)(H,20,21). The predicted octanol–water partition coefficient (Wildman–Crippen LogP) is 4.16. The number of carboxylic acid groups (broad SMARTS) is 1. The van der Waals surface area contributed by atoms with Crippen LogP contribution < -0.4 is 5.32 Å². The first-order chi connectivity index (χ1) is 11.1. The SMILES string of the molecule is CC1(c2cc(Br)ccc2F)CS(O)(O)C2(CCC2)C(NC(=O)O)=N1. The number of amidine groups is 1. The number of rotatable bonds is 1. The average molecular weight is 421 g/mol. The minimum atomic E-state index is -3.21. The van der Waals surface area contributed by atoms with Gasteiger partial charge in [-0.2, -0.15) is 10.6 Å². The molecule has 24 heavy (non-hydrogen) atoms. The Bertz CT molecular complexity index is 738. The number of hydrogen-bond donors (Lipinski definition) is 4. The van der Waals surface area contributed by atoms with E-state index in [2.05, 4.69) is 26.2 Å². The Kier molecular flexibility index (Phi) is 4.18. The monoisotopic (exact) mass is 420 g/mol. The molecule has 0 saturated heterocycles. The topological polar surface area (TPSA) is 102 Å². The minimum Gasteiger partial charge on any atom is -0.465 e. The van der Waals surface area contributed by atoms with Crippen LogP contribution >= 0.6 is 26.5 Å². The van der Waals surface area contributed by atoms with Crippen molar-refractivity contribution in [3.8, 4) is 0 Å². The van der Waals surface area contributed by atoms with Gasteiger partial charge in [-0.25, -0.2) is 9.18 Å². The van der Waals surface area contributed by atoms with E-state index in [-0.39, 0.29) is 17.2 Å². The maximum Gasteiger partial charge on any atom is 0.410 e. The maximum atomic E-state index is 14.3. The van der Waals surface area contributed by atoms with Gasteiger partial charge >= 0.3 is 6.09 Å². The van der Waals surface area contributed by atoms with Crippen LogP contribution in [0.1, 0.15) is 31.7 Å². The van der Waals surface area contributed by atoms with Crippen LogP contribution in [0.5, 0.6) is 0 Å². The van der Waals surface area contributed by atoms with Crippen molar-refractivity contribution in [1.82, 2.24) is 5.32 Å². The van der Waals surface area contributed by atoms with E-state index < -0.39 is 32.8 Å². The first kappa shape index (κ1) is 17.7. The summed E-state index contributed by atoms with van der Waals surface area (Å²) in [5, 5.41) is 11.3. The Labute approximate surface area is 148 Å². The number of hydrogen-bond acceptors (Lipinski definition) is 4. The summed E-state index contributed by atoms with van der Waals surface area (Å²) >= 11 is 3.28. The first-order valence-corrected chi connectivity index (χ1v) is 9.92. The molecule has 3 rings (SSSR count). The van der Waals surface area contributed by atoms with E-state index >= 15 is 0 Å². The molecule has 1 saturated carbocycles. The summed E-state index contributed by atoms with van der Waals surface area (Å²) in [6.45, 7) is 1.58. The van der Waals surface area contributed by atoms with Gasteiger partial charge in [0.25, 0.3) is 0 Å². The molecule has 1 atom stereocenters. The van der Waals surface area contributed by atoms with Crippen LogP contribution in [-0.4, -0.2) is 36.6 Å². The van der Waals surface area contributed by atoms with E-state index in [0.29, 0.717) is 17.3 Å². The maximum absolute atomic E-state index is 14.3. The number of carbonyl (C=O) groups is 1. The van der Waals surface area contributed by atoms with E-state index in [4.69, 9.17) is 5.11 Å². The van der Waals surface area contributed by atoms with Gasteiger partial charge < -0.3 is 5.11 Å². The molecule has 1 fully saturated rings. The van der Waals surface area contributed by atoms with Crippen molar-refractivity contribution < 1.29 is 23.4 Å². The molecule has 0 bridgehead atoms. The summed E-state index contributed by atoms with van der Waals surface area (Å²) in [6.07, 6.45) is 0.337. The number of amides is 1. The molecule has 2 aliphatic rings. The van der Waals surface area contributed by atoms with Crippen LogP contribution in [0.4, 0.5) is 9.18 Å². The van der Waals surface area contributed by atoms with Crippen LogP contribution in [0, 0.1) is 5.82 Å². The van der Waals surface area contributed by atoms with Crippen molar-refractivity contribution >= 4 is 38.4 Å². The number of nitrogens with zero attached hydrogens (tertiary/aromatic N) is 1. The van der Waals surface area contributed by atoms with Crippen molar-refractivity contribution in [2.24, 2.45) is 4.99 Å². The lowest BCUT2D eigenvalue weighted by atomic mass is 9.82. The number of halogens is 2. The van der Waals surface area contributed by atoms with Crippen LogP contribution in [-0.2, 0) is 5.54 Å². The highest BCUT2D eigenvalue weighted by Crippen LogP contribution is 2.66. The van der Waals surface area contributed by atoms with Gasteiger partial charge in [0, 0.05) is 10.0 Å². The zero-order chi connectivity index (χ0) is 17.8. The third kappa shape index (κ3) is 2.63. The molecule has 0 aromatic heterocycles. The zero-order valence-corrected chi connectivity index (χ0v) is 15.3. The van der Waals surface area contributed by atoms with Crippen molar-refractivity contribution in [3.63, 3.8) is 0 Å². The molecule has 1 aromatic carbocycles. The molecule has 1 aromatic rings. The lowest BCUT2D eigenvalue weighted by Crippen LogP contribution is -2.61. The fraction of sp³-hybridized carbons (Fsp3) is 0.467. The summed E-state index contributed by atoms with van der Waals surface area (Å²) in [6, 6.07) is 4.34. The van der Waals surface area contributed by atoms with Gasteiger partial charge in [0.15, 0.2) is 0 Å². The number of benzene rings is 1. The summed E-state index contributed by atoms with van der Waals surface area (Å²) in [4.78, 5) is 15.6. The Morgan fingerprint density at radius 1 is 1.42 bits per heavy atom. The lowest BCUT2D eigenvalue weighted by Gasteiger charge is -2.60. The highest BCUT2D eigenvalue weighted by molar-refractivity contribution is 9.10. The molecule has 132 valence electrons. The minimum absolute atomic E-state index is 0.0226. The molecule has 1 aliphatic heterocycles. The van der Waals surface area contributed by atoms with E-state index in [0.717, 1.165) is 6.42 Å². The molecular formula is C15H18BrFN2O4S. The van der Waals surface area contributed by atoms with Crippen LogP contribution in [0.25, 0.3) is 0 Å². The molecular weight excluding hydrogens is 403 g/mol. The van der Waals surface area contributed by atoms with Crippen LogP contribution in [0.15, 0.2) is 27.7 Å². The predicted molar refractivity (Wildman–Crippen MR) is 94.3 cm³/mol. The molecule has 1 heterocycles. The third-order valence-electron chi connectivity index (χ3n) is 4.79. The second-order valence-electron chi connectivity index (χ2n) is 6.45. The van der Waals surface area contributed by atoms with Gasteiger partial charge in [0.1, 0.15) is 21.9 Å².